The topological polar surface area (TPSA) is 164 Å². The van der Waals surface area contributed by atoms with Gasteiger partial charge in [0, 0.05) is 0 Å². The molecule has 4 aromatic rings. The van der Waals surface area contributed by atoms with E-state index in [1.807, 2.05) is 13.8 Å². The lowest BCUT2D eigenvalue weighted by atomic mass is 9.96. The molecule has 0 aliphatic carbocycles. The molecule has 2 aromatic carbocycles. The van der Waals surface area contributed by atoms with Gasteiger partial charge in [-0.1, -0.05) is 35.4 Å². The van der Waals surface area contributed by atoms with Crippen LogP contribution in [0.5, 0.6) is 11.5 Å². The van der Waals surface area contributed by atoms with Crippen molar-refractivity contribution in [3.8, 4) is 11.5 Å². The van der Waals surface area contributed by atoms with E-state index in [4.69, 9.17) is 24.0 Å². The number of anilines is 1. The number of imidazole rings is 1. The quantitative estimate of drug-likeness (QED) is 0.249. The van der Waals surface area contributed by atoms with Crippen LogP contribution in [0.15, 0.2) is 61.2 Å². The number of aromatic nitrogens is 4. The second kappa shape index (κ2) is 10.7. The minimum Gasteiger partial charge on any atom is -0.395 e. The number of phosphoric acid groups is 1. The molecule has 3 heterocycles. The number of aliphatic hydroxyl groups excluding tert-OH is 2. The Kier molecular flexibility index (Phi) is 7.46. The van der Waals surface area contributed by atoms with Crippen molar-refractivity contribution in [3.05, 3.63) is 72.3 Å². The number of rotatable bonds is 9. The van der Waals surface area contributed by atoms with Crippen LogP contribution in [0.1, 0.15) is 17.4 Å². The van der Waals surface area contributed by atoms with Crippen LogP contribution in [0.3, 0.4) is 0 Å². The highest BCUT2D eigenvalue weighted by molar-refractivity contribution is 7.49. The number of aliphatic hydroxyl groups is 2. The highest BCUT2D eigenvalue weighted by atomic mass is 31.2. The van der Waals surface area contributed by atoms with E-state index in [1.165, 1.54) is 24.3 Å². The standard InChI is InChI=1S/C25H26F2N5O7P/c1-14-3-7-16(8-4-14)38-40(35,39-17-9-5-15(2)6-10-17)36-11-25(24(26)27)20(34)19(33)23(37-25)32-13-31-18-21(28)29-12-30-22(18)32/h3-10,12-13,19-20,23-24,33-34H,11H2,1-2H3,(H2,28,29,30)/t19-,20-,23+,25+/m0/s1. The molecule has 4 N–H and O–H groups in total. The Labute approximate surface area is 226 Å². The zero-order valence-electron chi connectivity index (χ0n) is 21.3. The summed E-state index contributed by atoms with van der Waals surface area (Å²) in [5, 5.41) is 21.6. The first-order valence-electron chi connectivity index (χ1n) is 12.0. The van der Waals surface area contributed by atoms with Gasteiger partial charge < -0.3 is 29.7 Å². The summed E-state index contributed by atoms with van der Waals surface area (Å²) < 4.78 is 66.2. The SMILES string of the molecule is Cc1ccc(OP(=O)(OC[C@@]2(C(F)F)O[C@@H](n3cnc4c(N)ncnc43)[C@@H](O)[C@@H]2O)Oc2ccc(C)cc2)cc1. The van der Waals surface area contributed by atoms with E-state index in [2.05, 4.69) is 15.0 Å². The maximum Gasteiger partial charge on any atom is 0.587 e. The van der Waals surface area contributed by atoms with E-state index < -0.39 is 44.9 Å². The van der Waals surface area contributed by atoms with Crippen LogP contribution in [0.4, 0.5) is 14.6 Å². The molecule has 1 aliphatic rings. The van der Waals surface area contributed by atoms with Crippen molar-refractivity contribution in [1.82, 2.24) is 19.5 Å². The number of ether oxygens (including phenoxy) is 1. The fourth-order valence-corrected chi connectivity index (χ4v) is 5.42. The molecular formula is C25H26F2N5O7P. The largest absolute Gasteiger partial charge is 0.587 e. The van der Waals surface area contributed by atoms with Gasteiger partial charge in [0.25, 0.3) is 6.43 Å². The predicted octanol–water partition coefficient (Wildman–Crippen LogP) is 3.56. The van der Waals surface area contributed by atoms with Gasteiger partial charge in [0.1, 0.15) is 35.6 Å². The maximum absolute atomic E-state index is 14.6. The summed E-state index contributed by atoms with van der Waals surface area (Å²) in [6.45, 7) is 2.48. The number of nitrogen functional groups attached to an aromatic ring is 1. The third-order valence-electron chi connectivity index (χ3n) is 6.41. The number of nitrogens with two attached hydrogens (primary N) is 1. The molecule has 2 aromatic heterocycles. The molecule has 0 amide bonds. The molecule has 0 bridgehead atoms. The Hall–Kier alpha value is -3.68. The van der Waals surface area contributed by atoms with Gasteiger partial charge in [-0.2, -0.15) is 0 Å². The summed E-state index contributed by atoms with van der Waals surface area (Å²) in [4.78, 5) is 11.9. The minimum atomic E-state index is -4.66. The van der Waals surface area contributed by atoms with Crippen LogP contribution in [0, 0.1) is 13.8 Å². The van der Waals surface area contributed by atoms with E-state index in [0.29, 0.717) is 0 Å². The van der Waals surface area contributed by atoms with Gasteiger partial charge in [-0.25, -0.2) is 28.3 Å². The number of nitrogens with zero attached hydrogens (tertiary/aromatic N) is 4. The number of hydrogen-bond acceptors (Lipinski definition) is 11. The summed E-state index contributed by atoms with van der Waals surface area (Å²) in [7, 11) is -4.66. The van der Waals surface area contributed by atoms with E-state index >= 15 is 0 Å². The van der Waals surface area contributed by atoms with Crippen molar-refractivity contribution in [2.24, 2.45) is 0 Å². The van der Waals surface area contributed by atoms with Crippen LogP contribution >= 0.6 is 7.82 Å². The molecule has 0 saturated carbocycles. The Morgan fingerprint density at radius 3 is 2.15 bits per heavy atom. The summed E-state index contributed by atoms with van der Waals surface area (Å²) in [6, 6.07) is 12.8. The average Bonchev–Trinajstić information content (AvgIpc) is 3.46. The third-order valence-corrected chi connectivity index (χ3v) is 7.73. The number of aryl methyl sites for hydroxylation is 2. The molecule has 0 spiro atoms. The zero-order chi connectivity index (χ0) is 28.7. The van der Waals surface area contributed by atoms with Gasteiger partial charge in [0.15, 0.2) is 23.3 Å². The lowest BCUT2D eigenvalue weighted by Crippen LogP contribution is -2.52. The minimum absolute atomic E-state index is 0.0164. The van der Waals surface area contributed by atoms with E-state index in [9.17, 15) is 23.6 Å². The van der Waals surface area contributed by atoms with E-state index in [0.717, 1.165) is 28.3 Å². The molecule has 5 rings (SSSR count). The summed E-state index contributed by atoms with van der Waals surface area (Å²) in [6.07, 6.45) is -6.79. The number of halogens is 2. The molecule has 15 heteroatoms. The lowest BCUT2D eigenvalue weighted by molar-refractivity contribution is -0.192. The highest BCUT2D eigenvalue weighted by Crippen LogP contribution is 2.52. The van der Waals surface area contributed by atoms with Crippen LogP contribution in [-0.4, -0.2) is 60.6 Å². The first-order chi connectivity index (χ1) is 19.0. The molecule has 0 unspecified atom stereocenters. The molecule has 12 nitrogen and oxygen atoms in total. The summed E-state index contributed by atoms with van der Waals surface area (Å²) in [5.41, 5.74) is 4.94. The monoisotopic (exact) mass is 577 g/mol. The van der Waals surface area contributed by atoms with Crippen LogP contribution in [-0.2, 0) is 13.8 Å². The van der Waals surface area contributed by atoms with Crippen molar-refractivity contribution in [3.63, 3.8) is 0 Å². The van der Waals surface area contributed by atoms with Crippen LogP contribution in [0.25, 0.3) is 11.2 Å². The molecule has 4 atom stereocenters. The Morgan fingerprint density at radius 2 is 1.60 bits per heavy atom. The lowest BCUT2D eigenvalue weighted by Gasteiger charge is -2.31. The third kappa shape index (κ3) is 5.23. The van der Waals surface area contributed by atoms with Gasteiger partial charge in [0.05, 0.1) is 12.9 Å². The first-order valence-corrected chi connectivity index (χ1v) is 13.5. The smallest absolute Gasteiger partial charge is 0.395 e. The van der Waals surface area contributed by atoms with Gasteiger partial charge >= 0.3 is 7.82 Å². The van der Waals surface area contributed by atoms with Crippen molar-refractivity contribution in [2.75, 3.05) is 12.3 Å². The molecule has 0 radical (unpaired) electrons. The second-order valence-corrected chi connectivity index (χ2v) is 10.8. The second-order valence-electron chi connectivity index (χ2n) is 9.31. The van der Waals surface area contributed by atoms with Crippen molar-refractivity contribution in [1.29, 1.82) is 0 Å². The molecule has 1 fully saturated rings. The normalized spacial score (nSPS) is 23.1. The predicted molar refractivity (Wildman–Crippen MR) is 138 cm³/mol. The van der Waals surface area contributed by atoms with E-state index in [1.54, 1.807) is 24.3 Å². The van der Waals surface area contributed by atoms with E-state index in [-0.39, 0.29) is 28.5 Å². The molecule has 1 aliphatic heterocycles. The molecule has 1 saturated heterocycles. The highest BCUT2D eigenvalue weighted by Gasteiger charge is 2.62. The van der Waals surface area contributed by atoms with Gasteiger partial charge in [0.2, 0.25) is 0 Å². The van der Waals surface area contributed by atoms with Crippen molar-refractivity contribution < 1.29 is 41.9 Å². The molecular weight excluding hydrogens is 551 g/mol. The fraction of sp³-hybridized carbons (Fsp3) is 0.320. The van der Waals surface area contributed by atoms with Gasteiger partial charge in [-0.3, -0.25) is 9.09 Å². The number of fused-ring (bicyclic) bond motifs is 1. The summed E-state index contributed by atoms with van der Waals surface area (Å²) >= 11 is 0. The fourth-order valence-electron chi connectivity index (χ4n) is 4.16. The van der Waals surface area contributed by atoms with Crippen LogP contribution < -0.4 is 14.8 Å². The average molecular weight is 577 g/mol. The van der Waals surface area contributed by atoms with Crippen molar-refractivity contribution in [2.45, 2.75) is 44.3 Å². The number of alkyl halides is 2. The number of hydrogen-bond donors (Lipinski definition) is 3. The first kappa shape index (κ1) is 27.9. The Bertz CT molecular complexity index is 1490. The van der Waals surface area contributed by atoms with Gasteiger partial charge in [-0.05, 0) is 38.1 Å². The number of benzene rings is 2. The Balaban J connectivity index is 1.45. The van der Waals surface area contributed by atoms with Crippen molar-refractivity contribution >= 4 is 24.8 Å². The molecule has 40 heavy (non-hydrogen) atoms. The zero-order valence-corrected chi connectivity index (χ0v) is 22.2. The maximum atomic E-state index is 14.6. The molecule has 212 valence electrons. The van der Waals surface area contributed by atoms with Gasteiger partial charge in [-0.15, -0.1) is 0 Å². The summed E-state index contributed by atoms with van der Waals surface area (Å²) in [5.74, 6) is 0.183. The Morgan fingerprint density at radius 1 is 1.02 bits per heavy atom. The van der Waals surface area contributed by atoms with Crippen LogP contribution in [0.2, 0.25) is 0 Å². The number of phosphoric ester groups is 1.